The molecule has 0 aliphatic rings. The molecule has 84 valence electrons. The second kappa shape index (κ2) is 9.73. The van der Waals surface area contributed by atoms with Gasteiger partial charge in [0, 0.05) is 13.2 Å². The van der Waals surface area contributed by atoms with Crippen LogP contribution in [-0.2, 0) is 9.47 Å². The summed E-state index contributed by atoms with van der Waals surface area (Å²) >= 11 is 4.91. The Balaban J connectivity index is 3.44. The zero-order chi connectivity index (χ0) is 10.8. The van der Waals surface area contributed by atoms with Crippen LogP contribution in [0.2, 0.25) is 0 Å². The molecule has 0 fully saturated rings. The van der Waals surface area contributed by atoms with Gasteiger partial charge in [-0.2, -0.15) is 0 Å². The van der Waals surface area contributed by atoms with E-state index in [0.29, 0.717) is 25.7 Å². The molecule has 0 aliphatic carbocycles. The van der Waals surface area contributed by atoms with E-state index < -0.39 is 0 Å². The molecule has 2 atom stereocenters. The SMILES string of the molecule is CCOC([SiH3])OCCC(C=S)CCN. The molecular weight excluding hydrogens is 214 g/mol. The Kier molecular flexibility index (Phi) is 9.86. The van der Waals surface area contributed by atoms with E-state index in [9.17, 15) is 0 Å². The van der Waals surface area contributed by atoms with Crippen LogP contribution >= 0.6 is 12.2 Å². The van der Waals surface area contributed by atoms with E-state index >= 15 is 0 Å². The lowest BCUT2D eigenvalue weighted by atomic mass is 10.1. The van der Waals surface area contributed by atoms with Gasteiger partial charge < -0.3 is 15.2 Å². The minimum atomic E-state index is 0.0173. The van der Waals surface area contributed by atoms with E-state index in [1.165, 1.54) is 0 Å². The van der Waals surface area contributed by atoms with E-state index in [1.54, 1.807) is 5.37 Å². The van der Waals surface area contributed by atoms with E-state index in [2.05, 4.69) is 0 Å². The van der Waals surface area contributed by atoms with Crippen molar-refractivity contribution in [3.63, 3.8) is 0 Å². The molecule has 0 radical (unpaired) electrons. The Morgan fingerprint density at radius 2 is 2.14 bits per heavy atom. The van der Waals surface area contributed by atoms with Gasteiger partial charge >= 0.3 is 0 Å². The van der Waals surface area contributed by atoms with E-state index in [4.69, 9.17) is 27.4 Å². The van der Waals surface area contributed by atoms with Crippen molar-refractivity contribution in [2.24, 2.45) is 11.7 Å². The highest BCUT2D eigenvalue weighted by molar-refractivity contribution is 7.79. The number of hydrogen-bond donors (Lipinski definition) is 1. The van der Waals surface area contributed by atoms with Crippen LogP contribution in [-0.4, -0.2) is 41.3 Å². The molecule has 2 N–H and O–H groups in total. The van der Waals surface area contributed by atoms with Crippen molar-refractivity contribution in [3.8, 4) is 0 Å². The molecule has 0 amide bonds. The van der Waals surface area contributed by atoms with Crippen LogP contribution in [0, 0.1) is 5.92 Å². The Morgan fingerprint density at radius 3 is 2.64 bits per heavy atom. The van der Waals surface area contributed by atoms with Gasteiger partial charge in [-0.3, -0.25) is 0 Å². The maximum atomic E-state index is 5.49. The molecule has 0 aromatic heterocycles. The normalized spacial score (nSPS) is 15.3. The quantitative estimate of drug-likeness (QED) is 0.348. The van der Waals surface area contributed by atoms with E-state index in [-0.39, 0.29) is 5.91 Å². The van der Waals surface area contributed by atoms with Gasteiger partial charge in [0.2, 0.25) is 0 Å². The first-order valence-corrected chi connectivity index (χ1v) is 6.75. The average molecular weight is 235 g/mol. The predicted molar refractivity (Wildman–Crippen MR) is 66.7 cm³/mol. The van der Waals surface area contributed by atoms with Crippen LogP contribution in [0.4, 0.5) is 0 Å². The van der Waals surface area contributed by atoms with Gasteiger partial charge in [0.1, 0.15) is 5.91 Å². The van der Waals surface area contributed by atoms with Crippen molar-refractivity contribution in [1.82, 2.24) is 0 Å². The van der Waals surface area contributed by atoms with Crippen LogP contribution in [0.25, 0.3) is 0 Å². The predicted octanol–water partition coefficient (Wildman–Crippen LogP) is 0.0433. The van der Waals surface area contributed by atoms with Crippen molar-refractivity contribution < 1.29 is 9.47 Å². The third kappa shape index (κ3) is 7.58. The number of ether oxygens (including phenoxy) is 2. The van der Waals surface area contributed by atoms with E-state index in [0.717, 1.165) is 23.1 Å². The smallest absolute Gasteiger partial charge is 0.131 e. The highest BCUT2D eigenvalue weighted by atomic mass is 32.1. The molecule has 0 aromatic rings. The zero-order valence-corrected chi connectivity index (χ0v) is 11.9. The molecule has 0 aromatic carbocycles. The fourth-order valence-electron chi connectivity index (χ4n) is 1.16. The fourth-order valence-corrected chi connectivity index (χ4v) is 2.00. The monoisotopic (exact) mass is 235 g/mol. The lowest BCUT2D eigenvalue weighted by molar-refractivity contribution is -0.0860. The van der Waals surface area contributed by atoms with Crippen LogP contribution in [0.1, 0.15) is 19.8 Å². The van der Waals surface area contributed by atoms with Crippen LogP contribution in [0.3, 0.4) is 0 Å². The Hall–Kier alpha value is 0.187. The molecule has 3 nitrogen and oxygen atoms in total. The summed E-state index contributed by atoms with van der Waals surface area (Å²) in [6.45, 7) is 4.09. The summed E-state index contributed by atoms with van der Waals surface area (Å²) < 4.78 is 10.8. The maximum Gasteiger partial charge on any atom is 0.131 e. The van der Waals surface area contributed by atoms with Crippen molar-refractivity contribution in [3.05, 3.63) is 0 Å². The molecule has 0 saturated carbocycles. The first-order chi connectivity index (χ1) is 6.74. The lowest BCUT2D eigenvalue weighted by Gasteiger charge is -2.15. The molecule has 0 aliphatic heterocycles. The Bertz CT molecular complexity index is 149. The highest BCUT2D eigenvalue weighted by Gasteiger charge is 2.05. The molecule has 0 heterocycles. The van der Waals surface area contributed by atoms with Crippen molar-refractivity contribution >= 4 is 27.8 Å². The molecular formula is C9H21NO2SSi. The van der Waals surface area contributed by atoms with Gasteiger partial charge in [-0.1, -0.05) is 12.2 Å². The molecule has 0 saturated heterocycles. The van der Waals surface area contributed by atoms with Crippen molar-refractivity contribution in [1.29, 1.82) is 0 Å². The first kappa shape index (κ1) is 14.2. The minimum Gasteiger partial charge on any atom is -0.358 e. The summed E-state index contributed by atoms with van der Waals surface area (Å²) in [4.78, 5) is 0. The molecule has 0 bridgehead atoms. The maximum absolute atomic E-state index is 5.49. The standard InChI is InChI=1S/C9H21NO2SSi/c1-2-11-9(14)12-6-4-8(7-13)3-5-10/h7-9H,2-6,10H2,1,14H3. The number of rotatable bonds is 9. The van der Waals surface area contributed by atoms with Gasteiger partial charge in [-0.15, -0.1) is 0 Å². The third-order valence-electron chi connectivity index (χ3n) is 1.97. The average Bonchev–Trinajstić information content (AvgIpc) is 2.17. The topological polar surface area (TPSA) is 44.5 Å². The molecule has 5 heteroatoms. The van der Waals surface area contributed by atoms with Gasteiger partial charge in [-0.25, -0.2) is 0 Å². The number of thiocarbonyl (C=S) groups is 1. The van der Waals surface area contributed by atoms with Gasteiger partial charge in [0.05, 0.1) is 10.2 Å². The van der Waals surface area contributed by atoms with Crippen LogP contribution < -0.4 is 5.73 Å². The Labute approximate surface area is 94.8 Å². The van der Waals surface area contributed by atoms with Gasteiger partial charge in [0.15, 0.2) is 0 Å². The minimum absolute atomic E-state index is 0.0173. The summed E-state index contributed by atoms with van der Waals surface area (Å²) in [5, 5.41) is 1.79. The lowest BCUT2D eigenvalue weighted by Crippen LogP contribution is -2.20. The summed E-state index contributed by atoms with van der Waals surface area (Å²) in [5.41, 5.74) is 5.46. The second-order valence-corrected chi connectivity index (χ2v) is 4.37. The largest absolute Gasteiger partial charge is 0.358 e. The van der Waals surface area contributed by atoms with Crippen molar-refractivity contribution in [2.75, 3.05) is 19.8 Å². The fraction of sp³-hybridized carbons (Fsp3) is 0.889. The molecule has 14 heavy (non-hydrogen) atoms. The number of hydrogen-bond acceptors (Lipinski definition) is 4. The molecule has 0 spiro atoms. The van der Waals surface area contributed by atoms with Crippen LogP contribution in [0.5, 0.6) is 0 Å². The zero-order valence-electron chi connectivity index (χ0n) is 9.07. The van der Waals surface area contributed by atoms with Gasteiger partial charge in [-0.05, 0) is 37.6 Å². The summed E-state index contributed by atoms with van der Waals surface area (Å²) in [5.74, 6) is 0.425. The summed E-state index contributed by atoms with van der Waals surface area (Å²) in [6, 6.07) is 0. The highest BCUT2D eigenvalue weighted by Crippen LogP contribution is 2.05. The second-order valence-electron chi connectivity index (χ2n) is 3.16. The summed E-state index contributed by atoms with van der Waals surface area (Å²) in [6.07, 6.45) is 1.90. The van der Waals surface area contributed by atoms with Gasteiger partial charge in [0.25, 0.3) is 0 Å². The van der Waals surface area contributed by atoms with Crippen molar-refractivity contribution in [2.45, 2.75) is 25.7 Å². The summed E-state index contributed by atoms with van der Waals surface area (Å²) in [7, 11) is 0.908. The van der Waals surface area contributed by atoms with E-state index in [1.807, 2.05) is 6.92 Å². The Morgan fingerprint density at radius 1 is 1.43 bits per heavy atom. The molecule has 2 unspecified atom stereocenters. The molecule has 0 rings (SSSR count). The first-order valence-electron chi connectivity index (χ1n) is 5.13. The third-order valence-corrected chi connectivity index (χ3v) is 3.02. The number of nitrogens with two attached hydrogens (primary N) is 1. The van der Waals surface area contributed by atoms with Crippen LogP contribution in [0.15, 0.2) is 0 Å².